The Morgan fingerprint density at radius 3 is 2.73 bits per heavy atom. The van der Waals surface area contributed by atoms with E-state index in [2.05, 4.69) is 15.2 Å². The molecule has 2 fully saturated rings. The van der Waals surface area contributed by atoms with Crippen LogP contribution in [0.5, 0.6) is 5.75 Å². The summed E-state index contributed by atoms with van der Waals surface area (Å²) in [5, 5.41) is 7.99. The summed E-state index contributed by atoms with van der Waals surface area (Å²) in [5.41, 5.74) is -3.31. The van der Waals surface area contributed by atoms with Gasteiger partial charge in [-0.1, -0.05) is 0 Å². The van der Waals surface area contributed by atoms with E-state index in [1.165, 1.54) is 33.6 Å². The summed E-state index contributed by atoms with van der Waals surface area (Å²) in [6, 6.07) is 5.14. The molecule has 4 rings (SSSR count). The van der Waals surface area contributed by atoms with Crippen molar-refractivity contribution in [1.29, 1.82) is 0 Å². The number of fused-ring (bicyclic) bond motifs is 2. The van der Waals surface area contributed by atoms with Gasteiger partial charge in [-0.3, -0.25) is 4.79 Å². The van der Waals surface area contributed by atoms with Gasteiger partial charge in [0.2, 0.25) is 11.1 Å². The van der Waals surface area contributed by atoms with Crippen LogP contribution in [-0.2, 0) is 14.3 Å². The minimum atomic E-state index is -3.80. The molecule has 2 bridgehead atoms. The number of carbonyl (C=O) groups is 1. The Labute approximate surface area is 155 Å². The van der Waals surface area contributed by atoms with E-state index in [9.17, 15) is 13.6 Å². The lowest BCUT2D eigenvalue weighted by Gasteiger charge is -2.25. The first kappa shape index (κ1) is 17.5. The molecule has 0 radical (unpaired) electrons. The van der Waals surface area contributed by atoms with Crippen molar-refractivity contribution < 1.29 is 27.8 Å². The Kier molecular flexibility index (Phi) is 4.26. The predicted molar refractivity (Wildman–Crippen MR) is 84.9 cm³/mol. The minimum absolute atomic E-state index is 0.118. The number of Topliss-reactive ketones (excluding diaryl/α,β-unsaturated/α-hetero) is 1. The maximum Gasteiger partial charge on any atom is 0.487 e. The SMILES string of the molecule is O=C1C[C@H](n2nnn(-c3ccc(OC(F)(F)Cl)cc3)c2=S)[C@@H]2CO[C@H]1O2. The van der Waals surface area contributed by atoms with Crippen LogP contribution >= 0.6 is 23.8 Å². The number of ketones is 1. The molecule has 0 unspecified atom stereocenters. The van der Waals surface area contributed by atoms with Crippen LogP contribution in [0.15, 0.2) is 24.3 Å². The summed E-state index contributed by atoms with van der Waals surface area (Å²) in [6.45, 7) is 0.272. The number of hydrogen-bond acceptors (Lipinski definition) is 7. The first-order valence-electron chi connectivity index (χ1n) is 7.52. The van der Waals surface area contributed by atoms with Crippen molar-refractivity contribution in [3.8, 4) is 11.4 Å². The van der Waals surface area contributed by atoms with Gasteiger partial charge in [-0.2, -0.15) is 4.68 Å². The predicted octanol–water partition coefficient (Wildman–Crippen LogP) is 2.22. The number of hydrogen-bond donors (Lipinski definition) is 0. The third kappa shape index (κ3) is 3.22. The first-order chi connectivity index (χ1) is 12.3. The zero-order valence-corrected chi connectivity index (χ0v) is 14.5. The van der Waals surface area contributed by atoms with E-state index in [4.69, 9.17) is 33.3 Å². The Balaban J connectivity index is 1.60. The standard InChI is InChI=1S/C14H11ClF2N4O4S/c15-14(16,17)25-8-3-1-7(2-4-8)20-13(26)21(19-18-20)9-5-10(22)12-23-6-11(9)24-12/h1-4,9,11-12H,5-6H2/t9-,11-,12-/m0/s1. The zero-order chi connectivity index (χ0) is 18.5. The van der Waals surface area contributed by atoms with Gasteiger partial charge in [0.15, 0.2) is 5.78 Å². The van der Waals surface area contributed by atoms with Gasteiger partial charge in [-0.25, -0.2) is 4.68 Å². The molecule has 2 saturated heterocycles. The lowest BCUT2D eigenvalue weighted by molar-refractivity contribution is -0.156. The van der Waals surface area contributed by atoms with Crippen molar-refractivity contribution in [2.75, 3.05) is 6.61 Å². The van der Waals surface area contributed by atoms with Crippen molar-refractivity contribution in [2.24, 2.45) is 0 Å². The monoisotopic (exact) mass is 404 g/mol. The maximum atomic E-state index is 12.7. The average molecular weight is 405 g/mol. The molecule has 26 heavy (non-hydrogen) atoms. The molecular formula is C14H11ClF2N4O4S. The quantitative estimate of drug-likeness (QED) is 0.571. The summed E-state index contributed by atoms with van der Waals surface area (Å²) in [5.74, 6) is -0.295. The molecule has 3 heterocycles. The van der Waals surface area contributed by atoms with Crippen molar-refractivity contribution >= 4 is 29.6 Å². The first-order valence-corrected chi connectivity index (χ1v) is 8.31. The molecular weight excluding hydrogens is 394 g/mol. The Morgan fingerprint density at radius 2 is 2.04 bits per heavy atom. The molecule has 3 atom stereocenters. The number of benzene rings is 1. The van der Waals surface area contributed by atoms with Crippen LogP contribution in [0.4, 0.5) is 8.78 Å². The molecule has 2 aromatic rings. The van der Waals surface area contributed by atoms with Gasteiger partial charge >= 0.3 is 5.57 Å². The Morgan fingerprint density at radius 1 is 1.31 bits per heavy atom. The van der Waals surface area contributed by atoms with Gasteiger partial charge in [0.1, 0.15) is 11.9 Å². The van der Waals surface area contributed by atoms with Crippen LogP contribution in [0.2, 0.25) is 0 Å². The fourth-order valence-corrected chi connectivity index (χ4v) is 3.29. The number of rotatable bonds is 4. The third-order valence-electron chi connectivity index (χ3n) is 4.04. The van der Waals surface area contributed by atoms with Crippen LogP contribution in [0.3, 0.4) is 0 Å². The van der Waals surface area contributed by atoms with E-state index in [1.807, 2.05) is 0 Å². The molecule has 0 spiro atoms. The Hall–Kier alpha value is -1.95. The Bertz CT molecular complexity index is 898. The van der Waals surface area contributed by atoms with Crippen molar-refractivity contribution in [3.05, 3.63) is 29.0 Å². The van der Waals surface area contributed by atoms with Crippen LogP contribution in [0.25, 0.3) is 5.69 Å². The van der Waals surface area contributed by atoms with Crippen LogP contribution in [0.1, 0.15) is 12.5 Å². The highest BCUT2D eigenvalue weighted by Crippen LogP contribution is 2.32. The van der Waals surface area contributed by atoms with Gasteiger partial charge in [-0.05, 0) is 46.9 Å². The highest BCUT2D eigenvalue weighted by Gasteiger charge is 2.45. The van der Waals surface area contributed by atoms with E-state index in [0.29, 0.717) is 5.69 Å². The van der Waals surface area contributed by atoms with Gasteiger partial charge in [0.25, 0.3) is 0 Å². The second kappa shape index (κ2) is 6.34. The molecule has 1 aromatic carbocycles. The number of ether oxygens (including phenoxy) is 3. The zero-order valence-electron chi connectivity index (χ0n) is 12.9. The van der Waals surface area contributed by atoms with Crippen molar-refractivity contribution in [1.82, 2.24) is 19.8 Å². The number of aromatic nitrogens is 4. The lowest BCUT2D eigenvalue weighted by Crippen LogP contribution is -2.37. The van der Waals surface area contributed by atoms with Gasteiger partial charge in [0, 0.05) is 18.0 Å². The minimum Gasteiger partial charge on any atom is -0.420 e. The molecule has 138 valence electrons. The second-order valence-electron chi connectivity index (χ2n) is 5.74. The maximum absolute atomic E-state index is 12.7. The summed E-state index contributed by atoms with van der Waals surface area (Å²) >= 11 is 10.1. The van der Waals surface area contributed by atoms with E-state index < -0.39 is 17.9 Å². The summed E-state index contributed by atoms with van der Waals surface area (Å²) in [7, 11) is 0. The number of halogens is 3. The molecule has 2 aliphatic heterocycles. The molecule has 12 heteroatoms. The molecule has 0 amide bonds. The normalized spacial score (nSPS) is 25.5. The molecule has 0 saturated carbocycles. The molecule has 8 nitrogen and oxygen atoms in total. The number of carbonyl (C=O) groups excluding carboxylic acids is 1. The fraction of sp³-hybridized carbons (Fsp3) is 0.429. The number of nitrogens with zero attached hydrogens (tertiary/aromatic N) is 4. The van der Waals surface area contributed by atoms with Gasteiger partial charge in [0.05, 0.1) is 18.3 Å². The van der Waals surface area contributed by atoms with Crippen LogP contribution in [0, 0.1) is 4.77 Å². The second-order valence-corrected chi connectivity index (χ2v) is 6.54. The smallest absolute Gasteiger partial charge is 0.420 e. The fourth-order valence-electron chi connectivity index (χ4n) is 2.88. The van der Waals surface area contributed by atoms with Crippen molar-refractivity contribution in [2.45, 2.75) is 30.4 Å². The molecule has 0 N–H and O–H groups in total. The molecule has 1 aromatic heterocycles. The van der Waals surface area contributed by atoms with Crippen LogP contribution in [-0.4, -0.2) is 50.1 Å². The van der Waals surface area contributed by atoms with Gasteiger partial charge < -0.3 is 14.2 Å². The topological polar surface area (TPSA) is 80.4 Å². The van der Waals surface area contributed by atoms with Crippen LogP contribution < -0.4 is 4.74 Å². The lowest BCUT2D eigenvalue weighted by atomic mass is 10.0. The number of alkyl halides is 3. The molecule has 0 aliphatic carbocycles. The highest BCUT2D eigenvalue weighted by molar-refractivity contribution is 7.71. The van der Waals surface area contributed by atoms with E-state index in [-0.39, 0.29) is 35.4 Å². The summed E-state index contributed by atoms with van der Waals surface area (Å²) in [4.78, 5) is 11.9. The van der Waals surface area contributed by atoms with E-state index in [1.54, 1.807) is 0 Å². The third-order valence-corrected chi connectivity index (χ3v) is 4.48. The largest absolute Gasteiger partial charge is 0.487 e. The average Bonchev–Trinajstić information content (AvgIpc) is 3.16. The van der Waals surface area contributed by atoms with E-state index >= 15 is 0 Å². The molecule has 2 aliphatic rings. The highest BCUT2D eigenvalue weighted by atomic mass is 35.5. The number of tetrazole rings is 1. The van der Waals surface area contributed by atoms with Gasteiger partial charge in [-0.15, -0.1) is 8.78 Å². The summed E-state index contributed by atoms with van der Waals surface area (Å²) < 4.78 is 43.3. The van der Waals surface area contributed by atoms with E-state index in [0.717, 1.165) is 0 Å². The van der Waals surface area contributed by atoms with Crippen molar-refractivity contribution in [3.63, 3.8) is 0 Å². The summed E-state index contributed by atoms with van der Waals surface area (Å²) in [6.07, 6.45) is -0.968.